The minimum absolute atomic E-state index is 0.00703. The number of hydrogen-bond donors (Lipinski definition) is 0. The van der Waals surface area contributed by atoms with Crippen LogP contribution in [-0.2, 0) is 6.18 Å². The molecule has 102 valence electrons. The first-order valence-corrected chi connectivity index (χ1v) is 5.62. The van der Waals surface area contributed by atoms with Gasteiger partial charge in [0.2, 0.25) is 5.43 Å². The molecular weight excluding hydrogens is 269 g/mol. The Morgan fingerprint density at radius 1 is 1.25 bits per heavy atom. The van der Waals surface area contributed by atoms with E-state index in [-0.39, 0.29) is 16.8 Å². The minimum atomic E-state index is -4.43. The molecule has 0 N–H and O–H groups in total. The van der Waals surface area contributed by atoms with E-state index in [1.807, 2.05) is 0 Å². The van der Waals surface area contributed by atoms with Gasteiger partial charge in [0.15, 0.2) is 5.69 Å². The molecular formula is C14H9F3N2O. The quantitative estimate of drug-likeness (QED) is 0.752. The van der Waals surface area contributed by atoms with Gasteiger partial charge in [-0.15, -0.1) is 0 Å². The predicted octanol–water partition coefficient (Wildman–Crippen LogP) is 2.62. The van der Waals surface area contributed by atoms with Crippen LogP contribution in [0.4, 0.5) is 13.2 Å². The third-order valence-corrected chi connectivity index (χ3v) is 2.49. The van der Waals surface area contributed by atoms with Gasteiger partial charge in [-0.3, -0.25) is 4.79 Å². The van der Waals surface area contributed by atoms with E-state index < -0.39 is 11.7 Å². The number of nitrogens with zero attached hydrogens (tertiary/aromatic N) is 2. The summed E-state index contributed by atoms with van der Waals surface area (Å²) in [7, 11) is 0. The first kappa shape index (κ1) is 13.9. The van der Waals surface area contributed by atoms with Crippen LogP contribution in [0.15, 0.2) is 41.3 Å². The lowest BCUT2D eigenvalue weighted by Gasteiger charge is -2.10. The van der Waals surface area contributed by atoms with Crippen molar-refractivity contribution in [2.24, 2.45) is 0 Å². The first-order valence-electron chi connectivity index (χ1n) is 5.62. The fourth-order valence-corrected chi connectivity index (χ4v) is 1.58. The van der Waals surface area contributed by atoms with Crippen LogP contribution in [0.25, 0.3) is 5.69 Å². The van der Waals surface area contributed by atoms with Gasteiger partial charge in [0.05, 0.1) is 11.3 Å². The number of halogens is 3. The maximum absolute atomic E-state index is 12.6. The standard InChI is InChI=1S/C14H9F3N2O/c1-2-4-12-13(20)7-8-19(18-12)11-6-3-5-10(9-11)14(15,16)17/h3,5-9H,1H3. The first-order chi connectivity index (χ1) is 9.41. The summed E-state index contributed by atoms with van der Waals surface area (Å²) in [5.74, 6) is 5.05. The number of benzene rings is 1. The highest BCUT2D eigenvalue weighted by atomic mass is 19.4. The lowest BCUT2D eigenvalue weighted by molar-refractivity contribution is -0.137. The topological polar surface area (TPSA) is 34.9 Å². The Hall–Kier alpha value is -2.55. The second-order valence-electron chi connectivity index (χ2n) is 3.90. The summed E-state index contributed by atoms with van der Waals surface area (Å²) < 4.78 is 39.1. The van der Waals surface area contributed by atoms with Crippen molar-refractivity contribution in [3.05, 3.63) is 58.0 Å². The highest BCUT2D eigenvalue weighted by Gasteiger charge is 2.30. The fourth-order valence-electron chi connectivity index (χ4n) is 1.58. The Morgan fingerprint density at radius 2 is 2.00 bits per heavy atom. The van der Waals surface area contributed by atoms with E-state index >= 15 is 0 Å². The molecule has 20 heavy (non-hydrogen) atoms. The Kier molecular flexibility index (Phi) is 3.61. The monoisotopic (exact) mass is 278 g/mol. The molecule has 0 atom stereocenters. The van der Waals surface area contributed by atoms with Gasteiger partial charge in [0, 0.05) is 12.3 Å². The maximum Gasteiger partial charge on any atom is 0.416 e. The molecule has 0 aliphatic heterocycles. The number of rotatable bonds is 1. The molecule has 0 aliphatic rings. The highest BCUT2D eigenvalue weighted by molar-refractivity contribution is 5.37. The Morgan fingerprint density at radius 3 is 2.65 bits per heavy atom. The van der Waals surface area contributed by atoms with Gasteiger partial charge >= 0.3 is 6.18 Å². The molecule has 0 unspecified atom stereocenters. The van der Waals surface area contributed by atoms with E-state index in [4.69, 9.17) is 0 Å². The molecule has 2 aromatic rings. The average molecular weight is 278 g/mol. The molecule has 0 fully saturated rings. The summed E-state index contributed by atoms with van der Waals surface area (Å²) in [5.41, 5.74) is -0.951. The molecule has 0 spiro atoms. The normalized spacial score (nSPS) is 10.8. The van der Waals surface area contributed by atoms with Crippen molar-refractivity contribution in [2.75, 3.05) is 0 Å². The van der Waals surface area contributed by atoms with E-state index in [0.717, 1.165) is 12.1 Å². The zero-order chi connectivity index (χ0) is 14.8. The van der Waals surface area contributed by atoms with Crippen molar-refractivity contribution in [3.8, 4) is 17.5 Å². The minimum Gasteiger partial charge on any atom is -0.287 e. The average Bonchev–Trinajstić information content (AvgIpc) is 2.41. The fraction of sp³-hybridized carbons (Fsp3) is 0.143. The lowest BCUT2D eigenvalue weighted by Crippen LogP contribution is -2.14. The Labute approximate surface area is 112 Å². The molecule has 6 heteroatoms. The van der Waals surface area contributed by atoms with E-state index in [2.05, 4.69) is 16.9 Å². The van der Waals surface area contributed by atoms with Gasteiger partial charge in [-0.25, -0.2) is 4.68 Å². The van der Waals surface area contributed by atoms with Crippen LogP contribution in [0.1, 0.15) is 18.2 Å². The third kappa shape index (κ3) is 2.88. The van der Waals surface area contributed by atoms with Crippen molar-refractivity contribution < 1.29 is 13.2 Å². The second-order valence-corrected chi connectivity index (χ2v) is 3.90. The second kappa shape index (κ2) is 5.21. The molecule has 1 aromatic carbocycles. The van der Waals surface area contributed by atoms with Crippen LogP contribution in [-0.4, -0.2) is 9.78 Å². The zero-order valence-corrected chi connectivity index (χ0v) is 10.4. The number of alkyl halides is 3. The summed E-state index contributed by atoms with van der Waals surface area (Å²) >= 11 is 0. The molecule has 1 aromatic heterocycles. The maximum atomic E-state index is 12.6. The van der Waals surface area contributed by atoms with Crippen molar-refractivity contribution in [1.82, 2.24) is 9.78 Å². The van der Waals surface area contributed by atoms with Crippen LogP contribution in [0.2, 0.25) is 0 Å². The number of hydrogen-bond acceptors (Lipinski definition) is 2. The summed E-state index contributed by atoms with van der Waals surface area (Å²) in [6.07, 6.45) is -3.13. The summed E-state index contributed by atoms with van der Waals surface area (Å²) in [5, 5.41) is 3.92. The van der Waals surface area contributed by atoms with Gasteiger partial charge in [0.1, 0.15) is 0 Å². The Bertz CT molecular complexity index is 751. The molecule has 2 rings (SSSR count). The Balaban J connectivity index is 2.54. The van der Waals surface area contributed by atoms with Crippen molar-refractivity contribution >= 4 is 0 Å². The van der Waals surface area contributed by atoms with Crippen LogP contribution in [0, 0.1) is 11.8 Å². The van der Waals surface area contributed by atoms with Gasteiger partial charge < -0.3 is 0 Å². The number of aromatic nitrogens is 2. The van der Waals surface area contributed by atoms with Crippen LogP contribution in [0.5, 0.6) is 0 Å². The third-order valence-electron chi connectivity index (χ3n) is 2.49. The van der Waals surface area contributed by atoms with E-state index in [1.165, 1.54) is 29.1 Å². The largest absolute Gasteiger partial charge is 0.416 e. The molecule has 0 saturated heterocycles. The van der Waals surface area contributed by atoms with Gasteiger partial charge in [-0.05, 0) is 31.0 Å². The zero-order valence-electron chi connectivity index (χ0n) is 10.4. The van der Waals surface area contributed by atoms with E-state index in [9.17, 15) is 18.0 Å². The smallest absolute Gasteiger partial charge is 0.287 e. The summed E-state index contributed by atoms with van der Waals surface area (Å²) in [6.45, 7) is 1.54. The van der Waals surface area contributed by atoms with Gasteiger partial charge in [0.25, 0.3) is 0 Å². The molecule has 1 heterocycles. The van der Waals surface area contributed by atoms with Crippen LogP contribution >= 0.6 is 0 Å². The lowest BCUT2D eigenvalue weighted by atomic mass is 10.2. The summed E-state index contributed by atoms with van der Waals surface area (Å²) in [6, 6.07) is 5.89. The summed E-state index contributed by atoms with van der Waals surface area (Å²) in [4.78, 5) is 11.5. The molecule has 0 aliphatic carbocycles. The van der Waals surface area contributed by atoms with Gasteiger partial charge in [-0.1, -0.05) is 12.0 Å². The SMILES string of the molecule is CC#Cc1nn(-c2cccc(C(F)(F)F)c2)ccc1=O. The predicted molar refractivity (Wildman–Crippen MR) is 67.4 cm³/mol. The van der Waals surface area contributed by atoms with Crippen LogP contribution < -0.4 is 5.43 Å². The van der Waals surface area contributed by atoms with Crippen molar-refractivity contribution in [2.45, 2.75) is 13.1 Å². The molecule has 0 radical (unpaired) electrons. The molecule has 3 nitrogen and oxygen atoms in total. The van der Waals surface area contributed by atoms with Crippen LogP contribution in [0.3, 0.4) is 0 Å². The molecule has 0 saturated carbocycles. The van der Waals surface area contributed by atoms with Gasteiger partial charge in [-0.2, -0.15) is 18.3 Å². The van der Waals surface area contributed by atoms with E-state index in [1.54, 1.807) is 6.92 Å². The molecule has 0 amide bonds. The van der Waals surface area contributed by atoms with Crippen molar-refractivity contribution in [3.63, 3.8) is 0 Å². The van der Waals surface area contributed by atoms with Crippen molar-refractivity contribution in [1.29, 1.82) is 0 Å². The highest BCUT2D eigenvalue weighted by Crippen LogP contribution is 2.30. The molecule has 0 bridgehead atoms. The van der Waals surface area contributed by atoms with E-state index in [0.29, 0.717) is 0 Å².